The van der Waals surface area contributed by atoms with E-state index < -0.39 is 0 Å². The molecule has 0 bridgehead atoms. The third kappa shape index (κ3) is 7.85. The van der Waals surface area contributed by atoms with Gasteiger partial charge in [-0.25, -0.2) is 0 Å². The van der Waals surface area contributed by atoms with E-state index in [0.717, 1.165) is 35.8 Å². The minimum absolute atomic E-state index is 0.0203. The number of ketones is 1. The highest BCUT2D eigenvalue weighted by molar-refractivity contribution is 8.24. The molecule has 32 heavy (non-hydrogen) atoms. The topological polar surface area (TPSA) is 40.9 Å². The van der Waals surface area contributed by atoms with Crippen LogP contribution in [0.5, 0.6) is 0 Å². The fourth-order valence-electron chi connectivity index (χ4n) is 3.96. The van der Waals surface area contributed by atoms with Crippen molar-refractivity contribution in [1.29, 1.82) is 5.26 Å². The number of carbonyl (C=O) groups excluding carboxylic acids is 1. The van der Waals surface area contributed by atoms with E-state index in [2.05, 4.69) is 66.3 Å². The summed E-state index contributed by atoms with van der Waals surface area (Å²) in [6, 6.07) is 6.58. The molecule has 0 saturated heterocycles. The molecule has 2 nitrogen and oxygen atoms in total. The Morgan fingerprint density at radius 3 is 2.47 bits per heavy atom. The van der Waals surface area contributed by atoms with E-state index in [1.54, 1.807) is 23.5 Å². The number of nitriles is 1. The summed E-state index contributed by atoms with van der Waals surface area (Å²) < 4.78 is 0.848. The molecule has 0 aliphatic carbocycles. The first-order chi connectivity index (χ1) is 15.1. The summed E-state index contributed by atoms with van der Waals surface area (Å²) in [5.74, 6) is 0.718. The van der Waals surface area contributed by atoms with Gasteiger partial charge in [-0.2, -0.15) is 5.26 Å². The van der Waals surface area contributed by atoms with Crippen LogP contribution in [-0.2, 0) is 11.2 Å². The van der Waals surface area contributed by atoms with Crippen LogP contribution in [-0.4, -0.2) is 5.78 Å². The van der Waals surface area contributed by atoms with Crippen LogP contribution in [0.1, 0.15) is 90.7 Å². The van der Waals surface area contributed by atoms with Gasteiger partial charge >= 0.3 is 0 Å². The number of benzene rings is 1. The van der Waals surface area contributed by atoms with Crippen LogP contribution >= 0.6 is 23.5 Å². The van der Waals surface area contributed by atoms with Gasteiger partial charge in [0.05, 0.1) is 4.24 Å². The lowest BCUT2D eigenvalue weighted by Crippen LogP contribution is -2.08. The molecule has 1 aromatic rings. The molecule has 0 N–H and O–H groups in total. The summed E-state index contributed by atoms with van der Waals surface area (Å²) in [4.78, 5) is 15.2. The van der Waals surface area contributed by atoms with Gasteiger partial charge in [0.2, 0.25) is 0 Å². The van der Waals surface area contributed by atoms with E-state index in [4.69, 9.17) is 0 Å². The first-order valence-corrected chi connectivity index (χ1v) is 13.5. The number of nitrogens with zero attached hydrogens (tertiary/aromatic N) is 1. The number of thioether (sulfide) groups is 2. The summed E-state index contributed by atoms with van der Waals surface area (Å²) >= 11 is 3.21. The van der Waals surface area contributed by atoms with E-state index in [9.17, 15) is 10.1 Å². The third-order valence-electron chi connectivity index (χ3n) is 5.92. The fraction of sp³-hybridized carbons (Fsp3) is 0.571. The van der Waals surface area contributed by atoms with E-state index in [1.807, 2.05) is 0 Å². The summed E-state index contributed by atoms with van der Waals surface area (Å²) in [7, 11) is 0. The van der Waals surface area contributed by atoms with Crippen LogP contribution in [0, 0.1) is 29.6 Å². The molecule has 1 aliphatic heterocycles. The van der Waals surface area contributed by atoms with Gasteiger partial charge in [0.15, 0.2) is 5.78 Å². The Hall–Kier alpha value is -1.44. The number of hydrogen-bond acceptors (Lipinski definition) is 4. The summed E-state index contributed by atoms with van der Waals surface area (Å²) in [5, 5.41) is 9.78. The van der Waals surface area contributed by atoms with Gasteiger partial charge in [0, 0.05) is 16.2 Å². The lowest BCUT2D eigenvalue weighted by Gasteiger charge is -2.17. The molecule has 0 saturated carbocycles. The Balaban J connectivity index is 2.14. The molecule has 0 aromatic heterocycles. The van der Waals surface area contributed by atoms with E-state index in [0.29, 0.717) is 12.0 Å². The van der Waals surface area contributed by atoms with E-state index in [-0.39, 0.29) is 11.2 Å². The Morgan fingerprint density at radius 2 is 1.84 bits per heavy atom. The molecular formula is C28H39NOS2. The monoisotopic (exact) mass is 469 g/mol. The molecule has 0 fully saturated rings. The van der Waals surface area contributed by atoms with Crippen molar-refractivity contribution in [3.63, 3.8) is 0 Å². The average molecular weight is 470 g/mol. The number of carbonyl (C=O) groups is 1. The van der Waals surface area contributed by atoms with E-state index in [1.165, 1.54) is 45.8 Å². The Bertz CT molecular complexity index is 915. The number of fused-ring (bicyclic) bond motifs is 1. The predicted molar refractivity (Wildman–Crippen MR) is 140 cm³/mol. The zero-order valence-electron chi connectivity index (χ0n) is 20.8. The van der Waals surface area contributed by atoms with Gasteiger partial charge in [0.1, 0.15) is 11.6 Å². The zero-order valence-corrected chi connectivity index (χ0v) is 22.4. The molecule has 1 heterocycles. The molecule has 174 valence electrons. The van der Waals surface area contributed by atoms with Crippen LogP contribution in [0.25, 0.3) is 0 Å². The number of rotatable bonds is 11. The number of hydrogen-bond donors (Lipinski definition) is 0. The smallest absolute Gasteiger partial charge is 0.175 e. The molecule has 1 aliphatic rings. The lowest BCUT2D eigenvalue weighted by atomic mass is 9.89. The van der Waals surface area contributed by atoms with Crippen molar-refractivity contribution in [3.05, 3.63) is 45.2 Å². The molecule has 2 rings (SSSR count). The normalized spacial score (nSPS) is 15.8. The summed E-state index contributed by atoms with van der Waals surface area (Å²) in [5.41, 5.74) is 4.28. The van der Waals surface area contributed by atoms with Crippen molar-refractivity contribution in [2.45, 2.75) is 103 Å². The molecule has 0 spiro atoms. The second-order valence-electron chi connectivity index (χ2n) is 10.4. The SMILES string of the molecule is C=C(CCC(C)CCC)Cc1ccc(C)c2c1S/C(=C(/C#N)C(=O)CCCC(C)(C)C)S2. The van der Waals surface area contributed by atoms with Crippen molar-refractivity contribution in [2.24, 2.45) is 11.3 Å². The van der Waals surface area contributed by atoms with Crippen LogP contribution < -0.4 is 0 Å². The van der Waals surface area contributed by atoms with Crippen molar-refractivity contribution in [3.8, 4) is 6.07 Å². The number of aryl methyl sites for hydroxylation is 1. The quantitative estimate of drug-likeness (QED) is 0.184. The minimum atomic E-state index is -0.0203. The van der Waals surface area contributed by atoms with Gasteiger partial charge in [0.25, 0.3) is 0 Å². The first-order valence-electron chi connectivity index (χ1n) is 11.9. The van der Waals surface area contributed by atoms with Gasteiger partial charge in [-0.05, 0) is 61.5 Å². The molecule has 4 heteroatoms. The van der Waals surface area contributed by atoms with Gasteiger partial charge in [-0.1, -0.05) is 95.3 Å². The maximum Gasteiger partial charge on any atom is 0.175 e. The molecule has 1 atom stereocenters. The van der Waals surface area contributed by atoms with Crippen molar-refractivity contribution in [1.82, 2.24) is 0 Å². The summed E-state index contributed by atoms with van der Waals surface area (Å²) in [6.45, 7) is 17.6. The number of allylic oxidation sites excluding steroid dienone is 2. The maximum atomic E-state index is 12.8. The fourth-order valence-corrected chi connectivity index (χ4v) is 6.75. The van der Waals surface area contributed by atoms with Crippen molar-refractivity contribution < 1.29 is 4.79 Å². The Labute approximate surface area is 204 Å². The second kappa shape index (κ2) is 12.1. The van der Waals surface area contributed by atoms with Crippen LogP contribution in [0.2, 0.25) is 0 Å². The highest BCUT2D eigenvalue weighted by Crippen LogP contribution is 2.55. The first kappa shape index (κ1) is 26.8. The predicted octanol–water partition coefficient (Wildman–Crippen LogP) is 9.03. The van der Waals surface area contributed by atoms with Crippen LogP contribution in [0.15, 0.2) is 43.9 Å². The highest BCUT2D eigenvalue weighted by Gasteiger charge is 2.28. The molecule has 0 radical (unpaired) electrons. The van der Waals surface area contributed by atoms with Gasteiger partial charge in [-0.15, -0.1) is 0 Å². The zero-order chi connectivity index (χ0) is 23.9. The largest absolute Gasteiger partial charge is 0.293 e. The highest BCUT2D eigenvalue weighted by atomic mass is 32.2. The van der Waals surface area contributed by atoms with Crippen LogP contribution in [0.3, 0.4) is 0 Å². The standard InChI is InChI=1S/C28H39NOS2/c1-8-10-19(2)12-13-20(3)17-22-15-14-21(4)25-26(22)32-27(31-25)23(18-29)24(30)11-9-16-28(5,6)7/h14-15,19H,3,8-13,16-17H2,1-2,4-7H3/b27-23-. The molecule has 1 aromatic carbocycles. The Kier molecular flexibility index (Phi) is 10.2. The lowest BCUT2D eigenvalue weighted by molar-refractivity contribution is -0.115. The molecular weight excluding hydrogens is 430 g/mol. The third-order valence-corrected chi connectivity index (χ3v) is 8.73. The number of Topliss-reactive ketones (excluding diaryl/α,β-unsaturated/α-hetero) is 1. The summed E-state index contributed by atoms with van der Waals surface area (Å²) in [6.07, 6.45) is 7.87. The van der Waals surface area contributed by atoms with E-state index >= 15 is 0 Å². The molecule has 1 unspecified atom stereocenters. The van der Waals surface area contributed by atoms with Crippen molar-refractivity contribution in [2.75, 3.05) is 0 Å². The van der Waals surface area contributed by atoms with Crippen molar-refractivity contribution >= 4 is 29.3 Å². The maximum absolute atomic E-state index is 12.8. The van der Waals surface area contributed by atoms with Gasteiger partial charge in [-0.3, -0.25) is 4.79 Å². The second-order valence-corrected chi connectivity index (χ2v) is 12.7. The molecule has 0 amide bonds. The van der Waals surface area contributed by atoms with Gasteiger partial charge < -0.3 is 0 Å². The minimum Gasteiger partial charge on any atom is -0.293 e. The average Bonchev–Trinajstić information content (AvgIpc) is 3.14. The Morgan fingerprint density at radius 1 is 1.16 bits per heavy atom. The van der Waals surface area contributed by atoms with Crippen LogP contribution in [0.4, 0.5) is 0 Å².